The summed E-state index contributed by atoms with van der Waals surface area (Å²) in [5, 5.41) is 3.71. The SMILES string of the molecule is CC#Cc1cc(C)c(C2C(=O)CC3(CCN(C(=O)c4ccon4)CC3)CC2=O)c(C)c1. The molecule has 0 atom stereocenters. The number of carbonyl (C=O) groups excluding carboxylic acids is 3. The van der Waals surface area contributed by atoms with Gasteiger partial charge in [0.25, 0.3) is 5.91 Å². The molecule has 31 heavy (non-hydrogen) atoms. The van der Waals surface area contributed by atoms with Crippen LogP contribution in [-0.4, -0.2) is 40.6 Å². The van der Waals surface area contributed by atoms with E-state index in [1.165, 1.54) is 6.26 Å². The standard InChI is InChI=1S/C25H26N2O4/c1-4-5-18-12-16(2)22(17(3)13-18)23-20(28)14-25(15-21(23)29)7-9-27(10-8-25)24(30)19-6-11-31-26-19/h6,11-13,23H,7-10,14-15H2,1-3H3. The maximum absolute atomic E-state index is 13.2. The molecule has 1 saturated carbocycles. The van der Waals surface area contributed by atoms with Gasteiger partial charge in [-0.25, -0.2) is 0 Å². The van der Waals surface area contributed by atoms with Crippen LogP contribution < -0.4 is 0 Å². The fraction of sp³-hybridized carbons (Fsp3) is 0.440. The van der Waals surface area contributed by atoms with E-state index >= 15 is 0 Å². The van der Waals surface area contributed by atoms with E-state index in [1.54, 1.807) is 17.9 Å². The highest BCUT2D eigenvalue weighted by Gasteiger charge is 2.48. The number of aromatic nitrogens is 1. The number of aryl methyl sites for hydroxylation is 2. The van der Waals surface area contributed by atoms with Gasteiger partial charge in [0.1, 0.15) is 23.7 Å². The summed E-state index contributed by atoms with van der Waals surface area (Å²) in [5.74, 6) is 5.07. The van der Waals surface area contributed by atoms with Crippen molar-refractivity contribution in [2.24, 2.45) is 5.41 Å². The number of amides is 1. The number of Topliss-reactive ketones (excluding diaryl/α,β-unsaturated/α-hetero) is 2. The fourth-order valence-electron chi connectivity index (χ4n) is 5.18. The molecule has 0 N–H and O–H groups in total. The lowest BCUT2D eigenvalue weighted by molar-refractivity contribution is -0.138. The van der Waals surface area contributed by atoms with Crippen LogP contribution in [0.2, 0.25) is 0 Å². The van der Waals surface area contributed by atoms with E-state index < -0.39 is 5.92 Å². The Hall–Kier alpha value is -3.20. The lowest BCUT2D eigenvalue weighted by Crippen LogP contribution is -2.48. The molecular weight excluding hydrogens is 392 g/mol. The van der Waals surface area contributed by atoms with E-state index in [4.69, 9.17) is 4.52 Å². The van der Waals surface area contributed by atoms with Crippen LogP contribution in [-0.2, 0) is 9.59 Å². The largest absolute Gasteiger partial charge is 0.364 e. The Kier molecular flexibility index (Phi) is 5.53. The van der Waals surface area contributed by atoms with Crippen LogP contribution in [0.3, 0.4) is 0 Å². The number of carbonyl (C=O) groups is 3. The highest BCUT2D eigenvalue weighted by molar-refractivity contribution is 6.10. The van der Waals surface area contributed by atoms with E-state index in [9.17, 15) is 14.4 Å². The van der Waals surface area contributed by atoms with Crippen molar-refractivity contribution in [1.29, 1.82) is 0 Å². The smallest absolute Gasteiger partial charge is 0.276 e. The van der Waals surface area contributed by atoms with Gasteiger partial charge >= 0.3 is 0 Å². The average Bonchev–Trinajstić information content (AvgIpc) is 3.25. The van der Waals surface area contributed by atoms with Gasteiger partial charge in [0, 0.05) is 37.6 Å². The highest BCUT2D eigenvalue weighted by atomic mass is 16.5. The van der Waals surface area contributed by atoms with Crippen molar-refractivity contribution in [3.63, 3.8) is 0 Å². The molecule has 2 aromatic rings. The Morgan fingerprint density at radius 3 is 2.26 bits per heavy atom. The highest BCUT2D eigenvalue weighted by Crippen LogP contribution is 2.46. The van der Waals surface area contributed by atoms with E-state index in [1.807, 2.05) is 26.0 Å². The minimum atomic E-state index is -0.691. The van der Waals surface area contributed by atoms with E-state index in [0.29, 0.717) is 38.8 Å². The van der Waals surface area contributed by atoms with Gasteiger partial charge in [0.05, 0.1) is 0 Å². The Balaban J connectivity index is 1.50. The van der Waals surface area contributed by atoms with Crippen LogP contribution in [0.25, 0.3) is 0 Å². The molecule has 1 spiro atoms. The van der Waals surface area contributed by atoms with Gasteiger partial charge in [0.15, 0.2) is 5.69 Å². The predicted octanol–water partition coefficient (Wildman–Crippen LogP) is 3.60. The molecule has 2 heterocycles. The molecule has 2 fully saturated rings. The summed E-state index contributed by atoms with van der Waals surface area (Å²) in [6, 6.07) is 5.46. The summed E-state index contributed by atoms with van der Waals surface area (Å²) in [4.78, 5) is 40.7. The van der Waals surface area contributed by atoms with Crippen LogP contribution in [0.15, 0.2) is 29.0 Å². The molecule has 1 aromatic heterocycles. The Bertz CT molecular complexity index is 1050. The monoisotopic (exact) mass is 418 g/mol. The molecule has 1 amide bonds. The number of piperidine rings is 1. The van der Waals surface area contributed by atoms with Crippen molar-refractivity contribution in [3.8, 4) is 11.8 Å². The molecule has 0 radical (unpaired) electrons. The van der Waals surface area contributed by atoms with E-state index in [0.717, 1.165) is 22.3 Å². The molecular formula is C25H26N2O4. The lowest BCUT2D eigenvalue weighted by Gasteiger charge is -2.44. The summed E-state index contributed by atoms with van der Waals surface area (Å²) >= 11 is 0. The van der Waals surface area contributed by atoms with E-state index in [2.05, 4.69) is 17.0 Å². The number of hydrogen-bond acceptors (Lipinski definition) is 5. The summed E-state index contributed by atoms with van der Waals surface area (Å²) in [5.41, 5.74) is 3.55. The first-order chi connectivity index (χ1) is 14.8. The van der Waals surface area contributed by atoms with Crippen molar-refractivity contribution >= 4 is 17.5 Å². The number of hydrogen-bond donors (Lipinski definition) is 0. The second kappa shape index (κ2) is 8.14. The summed E-state index contributed by atoms with van der Waals surface area (Å²) in [6.07, 6.45) is 3.42. The van der Waals surface area contributed by atoms with Crippen molar-refractivity contribution < 1.29 is 18.9 Å². The zero-order valence-corrected chi connectivity index (χ0v) is 18.2. The van der Waals surface area contributed by atoms with Crippen LogP contribution in [0, 0.1) is 31.1 Å². The molecule has 2 aliphatic rings. The maximum Gasteiger partial charge on any atom is 0.276 e. The van der Waals surface area contributed by atoms with E-state index in [-0.39, 0.29) is 28.6 Å². The second-order valence-corrected chi connectivity index (χ2v) is 8.79. The molecule has 6 heteroatoms. The minimum Gasteiger partial charge on any atom is -0.364 e. The number of rotatable bonds is 2. The number of ketones is 2. The number of benzene rings is 1. The topological polar surface area (TPSA) is 80.5 Å². The van der Waals surface area contributed by atoms with Gasteiger partial charge in [-0.15, -0.1) is 5.92 Å². The normalized spacial score (nSPS) is 18.7. The third-order valence-electron chi connectivity index (χ3n) is 6.66. The number of nitrogens with zero attached hydrogens (tertiary/aromatic N) is 2. The Labute approximate surface area is 182 Å². The molecule has 160 valence electrons. The van der Waals surface area contributed by atoms with Crippen LogP contribution >= 0.6 is 0 Å². The van der Waals surface area contributed by atoms with Crippen LogP contribution in [0.4, 0.5) is 0 Å². The first-order valence-electron chi connectivity index (χ1n) is 10.6. The molecule has 1 saturated heterocycles. The molecule has 0 unspecified atom stereocenters. The Morgan fingerprint density at radius 2 is 1.74 bits per heavy atom. The van der Waals surface area contributed by atoms with Gasteiger partial charge in [-0.1, -0.05) is 11.1 Å². The summed E-state index contributed by atoms with van der Waals surface area (Å²) in [6.45, 7) is 6.71. The van der Waals surface area contributed by atoms with Gasteiger partial charge in [0.2, 0.25) is 0 Å². The van der Waals surface area contributed by atoms with Crippen molar-refractivity contribution in [3.05, 3.63) is 52.4 Å². The second-order valence-electron chi connectivity index (χ2n) is 8.79. The average molecular weight is 418 g/mol. The molecule has 1 aliphatic carbocycles. The minimum absolute atomic E-state index is 0.00643. The van der Waals surface area contributed by atoms with Gasteiger partial charge in [-0.3, -0.25) is 14.4 Å². The fourth-order valence-corrected chi connectivity index (χ4v) is 5.18. The first kappa shape index (κ1) is 21.0. The first-order valence-corrected chi connectivity index (χ1v) is 10.6. The molecule has 6 nitrogen and oxygen atoms in total. The Morgan fingerprint density at radius 1 is 1.13 bits per heavy atom. The van der Waals surface area contributed by atoms with Crippen molar-refractivity contribution in [1.82, 2.24) is 10.1 Å². The zero-order chi connectivity index (χ0) is 22.2. The molecule has 1 aliphatic heterocycles. The van der Waals surface area contributed by atoms with Crippen LogP contribution in [0.1, 0.15) is 71.3 Å². The third-order valence-corrected chi connectivity index (χ3v) is 6.66. The molecule has 1 aromatic carbocycles. The molecule has 0 bridgehead atoms. The van der Waals surface area contributed by atoms with Crippen molar-refractivity contribution in [2.45, 2.75) is 52.4 Å². The quantitative estimate of drug-likeness (QED) is 0.550. The van der Waals surface area contributed by atoms with Gasteiger partial charge < -0.3 is 9.42 Å². The van der Waals surface area contributed by atoms with Crippen molar-refractivity contribution in [2.75, 3.05) is 13.1 Å². The third kappa shape index (κ3) is 3.93. The zero-order valence-electron chi connectivity index (χ0n) is 18.2. The van der Waals surface area contributed by atoms with Gasteiger partial charge in [-0.2, -0.15) is 0 Å². The lowest BCUT2D eigenvalue weighted by atomic mass is 9.62. The molecule has 4 rings (SSSR count). The summed E-state index contributed by atoms with van der Waals surface area (Å²) in [7, 11) is 0. The maximum atomic E-state index is 13.2. The number of likely N-dealkylation sites (tertiary alicyclic amines) is 1. The van der Waals surface area contributed by atoms with Crippen LogP contribution in [0.5, 0.6) is 0 Å². The summed E-state index contributed by atoms with van der Waals surface area (Å²) < 4.78 is 4.76. The predicted molar refractivity (Wildman–Crippen MR) is 115 cm³/mol. The van der Waals surface area contributed by atoms with Gasteiger partial charge in [-0.05, 0) is 67.9 Å².